The van der Waals surface area contributed by atoms with E-state index in [4.69, 9.17) is 0 Å². The first kappa shape index (κ1) is 16.7. The molecule has 0 fully saturated rings. The lowest BCUT2D eigenvalue weighted by molar-refractivity contribution is 0.244. The Morgan fingerprint density at radius 2 is 1.75 bits per heavy atom. The molecule has 0 bridgehead atoms. The first-order valence-corrected chi connectivity index (χ1v) is 7.68. The Balaban J connectivity index is 2.92. The van der Waals surface area contributed by atoms with E-state index < -0.39 is 0 Å². The topological polar surface area (TPSA) is 27.0 Å². The van der Waals surface area contributed by atoms with E-state index >= 15 is 0 Å². The van der Waals surface area contributed by atoms with Crippen molar-refractivity contribution in [3.05, 3.63) is 35.4 Å². The average molecular weight is 272 g/mol. The fraction of sp³-hybridized carbons (Fsp3) is 0.611. The lowest BCUT2D eigenvalue weighted by atomic mass is 9.86. The average Bonchev–Trinajstić information content (AvgIpc) is 2.42. The summed E-state index contributed by atoms with van der Waals surface area (Å²) in [6.45, 7) is 12.9. The Labute approximate surface area is 124 Å². The Morgan fingerprint density at radius 1 is 1.15 bits per heavy atom. The molecular weight excluding hydrogens is 244 g/mol. The second kappa shape index (κ2) is 7.45. The predicted molar refractivity (Wildman–Crippen MR) is 85.7 cm³/mol. The van der Waals surface area contributed by atoms with Crippen molar-refractivity contribution in [3.8, 4) is 6.07 Å². The number of nitrogens with zero attached hydrogens (tertiary/aromatic N) is 2. The van der Waals surface area contributed by atoms with Crippen molar-refractivity contribution in [1.29, 1.82) is 5.26 Å². The lowest BCUT2D eigenvalue weighted by Crippen LogP contribution is -2.29. The minimum absolute atomic E-state index is 0.124. The smallest absolute Gasteiger partial charge is 0.123 e. The highest BCUT2D eigenvalue weighted by Gasteiger charge is 2.19. The van der Waals surface area contributed by atoms with Gasteiger partial charge >= 0.3 is 0 Å². The molecule has 1 unspecified atom stereocenters. The van der Waals surface area contributed by atoms with Crippen molar-refractivity contribution < 1.29 is 0 Å². The monoisotopic (exact) mass is 272 g/mol. The molecular formula is C18H28N2. The molecule has 1 aromatic rings. The molecule has 2 heteroatoms. The number of benzene rings is 1. The summed E-state index contributed by atoms with van der Waals surface area (Å²) in [5.74, 6) is 0. The van der Waals surface area contributed by atoms with Crippen LogP contribution in [0.15, 0.2) is 24.3 Å². The van der Waals surface area contributed by atoms with Crippen molar-refractivity contribution in [3.63, 3.8) is 0 Å². The van der Waals surface area contributed by atoms with Crippen molar-refractivity contribution in [1.82, 2.24) is 4.90 Å². The van der Waals surface area contributed by atoms with E-state index in [0.29, 0.717) is 0 Å². The molecule has 0 N–H and O–H groups in total. The molecule has 110 valence electrons. The van der Waals surface area contributed by atoms with Crippen molar-refractivity contribution in [2.45, 2.75) is 58.9 Å². The largest absolute Gasteiger partial charge is 0.285 e. The molecule has 0 heterocycles. The highest BCUT2D eigenvalue weighted by atomic mass is 15.1. The van der Waals surface area contributed by atoms with Gasteiger partial charge in [-0.1, -0.05) is 65.3 Å². The zero-order valence-electron chi connectivity index (χ0n) is 13.6. The summed E-state index contributed by atoms with van der Waals surface area (Å²) in [6.07, 6.45) is 2.31. The zero-order chi connectivity index (χ0) is 15.2. The summed E-state index contributed by atoms with van der Waals surface area (Å²) in [6, 6.07) is 10.9. The van der Waals surface area contributed by atoms with Gasteiger partial charge in [-0.05, 0) is 36.1 Å². The van der Waals surface area contributed by atoms with Crippen LogP contribution in [-0.4, -0.2) is 18.0 Å². The second-order valence-corrected chi connectivity index (χ2v) is 6.39. The summed E-state index contributed by atoms with van der Waals surface area (Å²) < 4.78 is 0. The second-order valence-electron chi connectivity index (χ2n) is 6.39. The van der Waals surface area contributed by atoms with Crippen LogP contribution in [-0.2, 0) is 5.41 Å². The van der Waals surface area contributed by atoms with Gasteiger partial charge in [0.15, 0.2) is 0 Å². The Kier molecular flexibility index (Phi) is 6.23. The molecule has 1 aromatic carbocycles. The van der Waals surface area contributed by atoms with Crippen LogP contribution < -0.4 is 0 Å². The first-order chi connectivity index (χ1) is 9.43. The molecule has 1 atom stereocenters. The van der Waals surface area contributed by atoms with E-state index in [2.05, 4.69) is 69.9 Å². The van der Waals surface area contributed by atoms with Crippen molar-refractivity contribution >= 4 is 0 Å². The van der Waals surface area contributed by atoms with Crippen LogP contribution in [0, 0.1) is 11.3 Å². The van der Waals surface area contributed by atoms with Gasteiger partial charge in [0.25, 0.3) is 0 Å². The van der Waals surface area contributed by atoms with Crippen LogP contribution in [0.5, 0.6) is 0 Å². The van der Waals surface area contributed by atoms with Crippen molar-refractivity contribution in [2.75, 3.05) is 13.1 Å². The number of hydrogen-bond acceptors (Lipinski definition) is 2. The standard InChI is InChI=1S/C18H28N2/c1-6-8-13-20(7-2)17(14-19)15-9-11-16(12-10-15)18(3,4)5/h9-12,17H,6-8,13H2,1-5H3. The molecule has 0 aliphatic heterocycles. The Bertz CT molecular complexity index is 434. The van der Waals surface area contributed by atoms with Crippen LogP contribution in [0.25, 0.3) is 0 Å². The summed E-state index contributed by atoms with van der Waals surface area (Å²) >= 11 is 0. The van der Waals surface area contributed by atoms with Crippen LogP contribution >= 0.6 is 0 Å². The van der Waals surface area contributed by atoms with Gasteiger partial charge in [-0.2, -0.15) is 5.26 Å². The molecule has 20 heavy (non-hydrogen) atoms. The highest BCUT2D eigenvalue weighted by Crippen LogP contribution is 2.26. The van der Waals surface area contributed by atoms with E-state index in [1.807, 2.05) is 0 Å². The lowest BCUT2D eigenvalue weighted by Gasteiger charge is -2.26. The minimum atomic E-state index is -0.124. The fourth-order valence-corrected chi connectivity index (χ4v) is 2.36. The first-order valence-electron chi connectivity index (χ1n) is 7.68. The van der Waals surface area contributed by atoms with E-state index in [1.165, 1.54) is 5.56 Å². The third kappa shape index (κ3) is 4.35. The molecule has 0 radical (unpaired) electrons. The highest BCUT2D eigenvalue weighted by molar-refractivity contribution is 5.31. The SMILES string of the molecule is CCCCN(CC)C(C#N)c1ccc(C(C)(C)C)cc1. The van der Waals surface area contributed by atoms with Gasteiger partial charge in [-0.25, -0.2) is 0 Å². The molecule has 0 aliphatic rings. The molecule has 0 aliphatic carbocycles. The van der Waals surface area contributed by atoms with Gasteiger partial charge in [0.1, 0.15) is 6.04 Å². The van der Waals surface area contributed by atoms with Crippen molar-refractivity contribution in [2.24, 2.45) is 0 Å². The maximum absolute atomic E-state index is 9.52. The summed E-state index contributed by atoms with van der Waals surface area (Å²) in [5, 5.41) is 9.52. The van der Waals surface area contributed by atoms with Gasteiger partial charge in [0.2, 0.25) is 0 Å². The summed E-state index contributed by atoms with van der Waals surface area (Å²) in [7, 11) is 0. The van der Waals surface area contributed by atoms with Gasteiger partial charge in [-0.3, -0.25) is 4.90 Å². The Hall–Kier alpha value is -1.33. The van der Waals surface area contributed by atoms with E-state index in [1.54, 1.807) is 0 Å². The molecule has 1 rings (SSSR count). The van der Waals surface area contributed by atoms with Crippen LogP contribution in [0.3, 0.4) is 0 Å². The van der Waals surface area contributed by atoms with Gasteiger partial charge < -0.3 is 0 Å². The fourth-order valence-electron chi connectivity index (χ4n) is 2.36. The third-order valence-corrected chi connectivity index (χ3v) is 3.78. The third-order valence-electron chi connectivity index (χ3n) is 3.78. The van der Waals surface area contributed by atoms with E-state index in [-0.39, 0.29) is 11.5 Å². The van der Waals surface area contributed by atoms with Crippen LogP contribution in [0.4, 0.5) is 0 Å². The molecule has 0 aromatic heterocycles. The molecule has 2 nitrogen and oxygen atoms in total. The number of nitriles is 1. The van der Waals surface area contributed by atoms with Crippen LogP contribution in [0.2, 0.25) is 0 Å². The van der Waals surface area contributed by atoms with Gasteiger partial charge in [0.05, 0.1) is 6.07 Å². The zero-order valence-corrected chi connectivity index (χ0v) is 13.6. The predicted octanol–water partition coefficient (Wildman–Crippen LogP) is 4.67. The number of hydrogen-bond donors (Lipinski definition) is 0. The van der Waals surface area contributed by atoms with E-state index in [0.717, 1.165) is 31.5 Å². The summed E-state index contributed by atoms with van der Waals surface area (Å²) in [5.41, 5.74) is 2.58. The maximum atomic E-state index is 9.52. The molecule has 0 saturated heterocycles. The minimum Gasteiger partial charge on any atom is -0.285 e. The molecule has 0 amide bonds. The normalized spacial score (nSPS) is 13.2. The number of rotatable bonds is 6. The van der Waals surface area contributed by atoms with E-state index in [9.17, 15) is 5.26 Å². The quantitative estimate of drug-likeness (QED) is 0.752. The van der Waals surface area contributed by atoms with Gasteiger partial charge in [-0.15, -0.1) is 0 Å². The summed E-state index contributed by atoms with van der Waals surface area (Å²) in [4.78, 5) is 2.26. The molecule has 0 spiro atoms. The van der Waals surface area contributed by atoms with Gasteiger partial charge in [0, 0.05) is 0 Å². The number of unbranched alkanes of at least 4 members (excludes halogenated alkanes) is 1. The Morgan fingerprint density at radius 3 is 2.15 bits per heavy atom. The maximum Gasteiger partial charge on any atom is 0.123 e. The molecule has 0 saturated carbocycles. The van der Waals surface area contributed by atoms with Crippen LogP contribution in [0.1, 0.15) is 64.6 Å².